The predicted octanol–water partition coefficient (Wildman–Crippen LogP) is 2.28. The molecule has 5 heteroatoms. The molecular formula is C14H23BN2O2. The second-order valence-electron chi connectivity index (χ2n) is 6.86. The molecule has 0 bridgehead atoms. The smallest absolute Gasteiger partial charge is 0.399 e. The van der Waals surface area contributed by atoms with Gasteiger partial charge in [0.25, 0.3) is 0 Å². The summed E-state index contributed by atoms with van der Waals surface area (Å²) in [5, 5.41) is 7.60. The SMILES string of the molecule is Cc1[nH]nc(C2CCC2)c1B1OC(C)(C)C(C)(C)O1. The molecule has 0 unspecified atom stereocenters. The van der Waals surface area contributed by atoms with Crippen LogP contribution in [0.5, 0.6) is 0 Å². The molecule has 1 aromatic rings. The van der Waals surface area contributed by atoms with Gasteiger partial charge in [-0.25, -0.2) is 0 Å². The number of hydrogen-bond acceptors (Lipinski definition) is 3. The average molecular weight is 262 g/mol. The van der Waals surface area contributed by atoms with Crippen LogP contribution in [0.15, 0.2) is 0 Å². The number of hydrogen-bond donors (Lipinski definition) is 1. The molecule has 0 aromatic carbocycles. The molecule has 0 spiro atoms. The maximum Gasteiger partial charge on any atom is 0.498 e. The highest BCUT2D eigenvalue weighted by Crippen LogP contribution is 2.39. The molecule has 1 aromatic heterocycles. The first-order valence-corrected chi connectivity index (χ1v) is 7.22. The van der Waals surface area contributed by atoms with Gasteiger partial charge in [0.2, 0.25) is 0 Å². The van der Waals surface area contributed by atoms with E-state index in [0.717, 1.165) is 16.9 Å². The van der Waals surface area contributed by atoms with Gasteiger partial charge >= 0.3 is 7.12 Å². The first kappa shape index (κ1) is 13.2. The van der Waals surface area contributed by atoms with E-state index in [4.69, 9.17) is 9.31 Å². The normalized spacial score (nSPS) is 25.6. The van der Waals surface area contributed by atoms with Crippen LogP contribution in [0.3, 0.4) is 0 Å². The maximum atomic E-state index is 6.17. The number of nitrogens with zero attached hydrogens (tertiary/aromatic N) is 1. The molecule has 3 rings (SSSR count). The summed E-state index contributed by atoms with van der Waals surface area (Å²) in [6.45, 7) is 10.4. The highest BCUT2D eigenvalue weighted by molar-refractivity contribution is 6.63. The molecule has 1 saturated carbocycles. The molecule has 104 valence electrons. The largest absolute Gasteiger partial charge is 0.498 e. The zero-order chi connectivity index (χ0) is 13.8. The molecule has 2 heterocycles. The number of rotatable bonds is 2. The summed E-state index contributed by atoms with van der Waals surface area (Å²) in [4.78, 5) is 0. The summed E-state index contributed by atoms with van der Waals surface area (Å²) in [6.07, 6.45) is 3.77. The van der Waals surface area contributed by atoms with Crippen LogP contribution < -0.4 is 5.46 Å². The van der Waals surface area contributed by atoms with Crippen LogP contribution >= 0.6 is 0 Å². The van der Waals surface area contributed by atoms with Crippen molar-refractivity contribution in [2.75, 3.05) is 0 Å². The minimum absolute atomic E-state index is 0.292. The lowest BCUT2D eigenvalue weighted by atomic mass is 9.71. The Hall–Kier alpha value is -0.805. The lowest BCUT2D eigenvalue weighted by Gasteiger charge is -2.32. The predicted molar refractivity (Wildman–Crippen MR) is 75.6 cm³/mol. The van der Waals surface area contributed by atoms with E-state index >= 15 is 0 Å². The van der Waals surface area contributed by atoms with Crippen molar-refractivity contribution in [3.8, 4) is 0 Å². The molecule has 1 N–H and O–H groups in total. The first-order valence-electron chi connectivity index (χ1n) is 7.22. The molecule has 0 radical (unpaired) electrons. The Labute approximate surface area is 115 Å². The molecule has 4 nitrogen and oxygen atoms in total. The summed E-state index contributed by atoms with van der Waals surface area (Å²) in [5.74, 6) is 0.582. The van der Waals surface area contributed by atoms with Gasteiger partial charge in [0, 0.05) is 17.1 Å². The van der Waals surface area contributed by atoms with Crippen LogP contribution in [-0.2, 0) is 9.31 Å². The molecule has 1 aliphatic heterocycles. The molecule has 19 heavy (non-hydrogen) atoms. The Balaban J connectivity index is 1.93. The number of aromatic amines is 1. The van der Waals surface area contributed by atoms with Gasteiger partial charge in [-0.2, -0.15) is 5.10 Å². The minimum Gasteiger partial charge on any atom is -0.399 e. The highest BCUT2D eigenvalue weighted by atomic mass is 16.7. The molecular weight excluding hydrogens is 239 g/mol. The van der Waals surface area contributed by atoms with Gasteiger partial charge in [0.05, 0.1) is 16.9 Å². The zero-order valence-electron chi connectivity index (χ0n) is 12.5. The topological polar surface area (TPSA) is 47.1 Å². The van der Waals surface area contributed by atoms with Crippen LogP contribution in [0.1, 0.15) is 64.3 Å². The molecule has 0 amide bonds. The third kappa shape index (κ3) is 1.94. The van der Waals surface area contributed by atoms with E-state index in [2.05, 4.69) is 44.8 Å². The Morgan fingerprint density at radius 2 is 1.74 bits per heavy atom. The highest BCUT2D eigenvalue weighted by Gasteiger charge is 2.53. The van der Waals surface area contributed by atoms with Crippen molar-refractivity contribution in [1.82, 2.24) is 10.2 Å². The molecule has 1 aliphatic carbocycles. The fourth-order valence-electron chi connectivity index (χ4n) is 2.71. The monoisotopic (exact) mass is 262 g/mol. The van der Waals surface area contributed by atoms with Gasteiger partial charge in [-0.3, -0.25) is 5.10 Å². The Bertz CT molecular complexity index is 476. The summed E-state index contributed by atoms with van der Waals surface area (Å²) in [7, 11) is -0.292. The number of H-pyrrole nitrogens is 1. The molecule has 0 atom stereocenters. The van der Waals surface area contributed by atoms with Crippen LogP contribution in [0, 0.1) is 6.92 Å². The van der Waals surface area contributed by atoms with Crippen LogP contribution in [-0.4, -0.2) is 28.5 Å². The third-order valence-electron chi connectivity index (χ3n) is 5.00. The Morgan fingerprint density at radius 3 is 2.21 bits per heavy atom. The second-order valence-corrected chi connectivity index (χ2v) is 6.86. The Morgan fingerprint density at radius 1 is 1.16 bits per heavy atom. The van der Waals surface area contributed by atoms with Crippen molar-refractivity contribution in [2.24, 2.45) is 0 Å². The lowest BCUT2D eigenvalue weighted by molar-refractivity contribution is 0.00578. The van der Waals surface area contributed by atoms with Crippen molar-refractivity contribution in [3.63, 3.8) is 0 Å². The third-order valence-corrected chi connectivity index (χ3v) is 5.00. The first-order chi connectivity index (χ1) is 8.82. The van der Waals surface area contributed by atoms with Crippen molar-refractivity contribution < 1.29 is 9.31 Å². The van der Waals surface area contributed by atoms with Gasteiger partial charge in [0.15, 0.2) is 0 Å². The number of aromatic nitrogens is 2. The molecule has 2 aliphatic rings. The molecule has 1 saturated heterocycles. The van der Waals surface area contributed by atoms with E-state index in [1.807, 2.05) is 0 Å². The van der Waals surface area contributed by atoms with Crippen molar-refractivity contribution in [2.45, 2.75) is 71.0 Å². The van der Waals surface area contributed by atoms with Gasteiger partial charge in [-0.05, 0) is 47.5 Å². The van der Waals surface area contributed by atoms with Crippen LogP contribution in [0.25, 0.3) is 0 Å². The second kappa shape index (κ2) is 4.09. The van der Waals surface area contributed by atoms with Crippen molar-refractivity contribution >= 4 is 12.6 Å². The van der Waals surface area contributed by atoms with E-state index < -0.39 is 0 Å². The summed E-state index contributed by atoms with van der Waals surface area (Å²) in [6, 6.07) is 0. The summed E-state index contributed by atoms with van der Waals surface area (Å²) in [5.41, 5.74) is 2.77. The Kier molecular flexibility index (Phi) is 2.84. The fraction of sp³-hybridized carbons (Fsp3) is 0.786. The van der Waals surface area contributed by atoms with Gasteiger partial charge in [0.1, 0.15) is 0 Å². The van der Waals surface area contributed by atoms with Crippen molar-refractivity contribution in [1.29, 1.82) is 0 Å². The lowest BCUT2D eigenvalue weighted by Crippen LogP contribution is -2.41. The van der Waals surface area contributed by atoms with E-state index in [-0.39, 0.29) is 18.3 Å². The van der Waals surface area contributed by atoms with Gasteiger partial charge in [-0.15, -0.1) is 0 Å². The van der Waals surface area contributed by atoms with E-state index in [1.165, 1.54) is 19.3 Å². The molecule has 2 fully saturated rings. The zero-order valence-corrected chi connectivity index (χ0v) is 12.5. The number of nitrogens with one attached hydrogen (secondary N) is 1. The van der Waals surface area contributed by atoms with Gasteiger partial charge < -0.3 is 9.31 Å². The average Bonchev–Trinajstić information content (AvgIpc) is 2.64. The minimum atomic E-state index is -0.293. The van der Waals surface area contributed by atoms with E-state index in [0.29, 0.717) is 5.92 Å². The standard InChI is InChI=1S/C14H23BN2O2/c1-9-11(12(17-16-9)10-7-6-8-10)15-18-13(2,3)14(4,5)19-15/h10H,6-8H2,1-5H3,(H,16,17). The summed E-state index contributed by atoms with van der Waals surface area (Å²) >= 11 is 0. The van der Waals surface area contributed by atoms with E-state index in [1.54, 1.807) is 0 Å². The number of aryl methyl sites for hydroxylation is 1. The van der Waals surface area contributed by atoms with Crippen LogP contribution in [0.4, 0.5) is 0 Å². The fourth-order valence-corrected chi connectivity index (χ4v) is 2.71. The quantitative estimate of drug-likeness (QED) is 0.832. The van der Waals surface area contributed by atoms with Crippen molar-refractivity contribution in [3.05, 3.63) is 11.4 Å². The van der Waals surface area contributed by atoms with E-state index in [9.17, 15) is 0 Å². The summed E-state index contributed by atoms with van der Waals surface area (Å²) < 4.78 is 12.3. The van der Waals surface area contributed by atoms with Gasteiger partial charge in [-0.1, -0.05) is 6.42 Å². The van der Waals surface area contributed by atoms with Crippen LogP contribution in [0.2, 0.25) is 0 Å². The maximum absolute atomic E-state index is 6.17.